The Hall–Kier alpha value is -1.96. The van der Waals surface area contributed by atoms with Crippen molar-refractivity contribution in [2.45, 2.75) is 70.2 Å². The highest BCUT2D eigenvalue weighted by atomic mass is 16.7. The van der Waals surface area contributed by atoms with Crippen LogP contribution >= 0.6 is 0 Å². The highest BCUT2D eigenvalue weighted by Gasteiger charge is 2.23. The van der Waals surface area contributed by atoms with Gasteiger partial charge in [-0.05, 0) is 49.7 Å². The molecule has 1 aliphatic rings. The van der Waals surface area contributed by atoms with E-state index in [9.17, 15) is 9.59 Å². The molecule has 2 unspecified atom stereocenters. The minimum absolute atomic E-state index is 0.00946. The smallest absolute Gasteiger partial charge is 0.335 e. The van der Waals surface area contributed by atoms with E-state index in [1.165, 1.54) is 26.2 Å². The number of carbonyl (C=O) groups excluding carboxylic acids is 2. The number of ether oxygens (including phenoxy) is 5. The van der Waals surface area contributed by atoms with Crippen LogP contribution in [0.4, 0.5) is 0 Å². The van der Waals surface area contributed by atoms with Crippen LogP contribution < -0.4 is 0 Å². The Morgan fingerprint density at radius 2 is 1.81 bits per heavy atom. The van der Waals surface area contributed by atoms with Crippen LogP contribution in [-0.4, -0.2) is 58.4 Å². The maximum absolute atomic E-state index is 12.1. The van der Waals surface area contributed by atoms with Gasteiger partial charge in [0.25, 0.3) is 0 Å². The molecule has 1 saturated heterocycles. The third-order valence-electron chi connectivity index (χ3n) is 5.40. The lowest BCUT2D eigenvalue weighted by Gasteiger charge is -2.22. The van der Waals surface area contributed by atoms with Crippen molar-refractivity contribution in [1.29, 1.82) is 0 Å². The molecule has 31 heavy (non-hydrogen) atoms. The highest BCUT2D eigenvalue weighted by Crippen LogP contribution is 2.18. The van der Waals surface area contributed by atoms with Gasteiger partial charge in [0.05, 0.1) is 14.2 Å². The van der Waals surface area contributed by atoms with Crippen LogP contribution in [0.3, 0.4) is 0 Å². The van der Waals surface area contributed by atoms with Crippen LogP contribution in [0.15, 0.2) is 24.3 Å². The molecule has 0 aliphatic carbocycles. The van der Waals surface area contributed by atoms with Gasteiger partial charge in [-0.2, -0.15) is 0 Å². The number of unbranched alkanes of at least 4 members (excludes halogenated alkanes) is 3. The van der Waals surface area contributed by atoms with Crippen molar-refractivity contribution in [2.24, 2.45) is 0 Å². The first-order valence-corrected chi connectivity index (χ1v) is 11.2. The molecular weight excluding hydrogens is 400 g/mol. The number of hydrogen-bond acceptors (Lipinski definition) is 7. The van der Waals surface area contributed by atoms with E-state index in [1.54, 1.807) is 0 Å². The van der Waals surface area contributed by atoms with Crippen LogP contribution in [0, 0.1) is 0 Å². The maximum Gasteiger partial charge on any atom is 0.335 e. The standard InChI is InChI=1S/C24H36O7/c1-27-22(25)18-31-21(24(26)28-2)17-20-13-7-6-12-19(20)11-5-3-4-9-15-29-23-14-8-10-16-30-23/h6-7,12-13,21,23H,3-5,8-11,14-18H2,1-2H3. The fourth-order valence-corrected chi connectivity index (χ4v) is 3.60. The van der Waals surface area contributed by atoms with Gasteiger partial charge >= 0.3 is 11.9 Å². The Kier molecular flexibility index (Phi) is 12.2. The maximum atomic E-state index is 12.1. The lowest BCUT2D eigenvalue weighted by Crippen LogP contribution is -2.30. The van der Waals surface area contributed by atoms with Crippen molar-refractivity contribution in [3.05, 3.63) is 35.4 Å². The first kappa shape index (κ1) is 25.3. The van der Waals surface area contributed by atoms with Crippen molar-refractivity contribution in [3.63, 3.8) is 0 Å². The SMILES string of the molecule is COC(=O)COC(Cc1ccccc1CCCCCCOC1CCCCO1)C(=O)OC. The second kappa shape index (κ2) is 14.9. The normalized spacial score (nSPS) is 17.2. The van der Waals surface area contributed by atoms with Gasteiger partial charge in [-0.3, -0.25) is 0 Å². The van der Waals surface area contributed by atoms with E-state index in [0.29, 0.717) is 6.42 Å². The molecular formula is C24H36O7. The molecule has 0 spiro atoms. The second-order valence-corrected chi connectivity index (χ2v) is 7.70. The van der Waals surface area contributed by atoms with Crippen LogP contribution in [0.25, 0.3) is 0 Å². The quantitative estimate of drug-likeness (QED) is 0.326. The molecule has 0 N–H and O–H groups in total. The van der Waals surface area contributed by atoms with Gasteiger partial charge in [0, 0.05) is 19.6 Å². The first-order valence-electron chi connectivity index (χ1n) is 11.2. The summed E-state index contributed by atoms with van der Waals surface area (Å²) in [6, 6.07) is 8.01. The third kappa shape index (κ3) is 9.80. The largest absolute Gasteiger partial charge is 0.467 e. The van der Waals surface area contributed by atoms with Crippen molar-refractivity contribution >= 4 is 11.9 Å². The van der Waals surface area contributed by atoms with E-state index in [-0.39, 0.29) is 12.9 Å². The molecule has 2 rings (SSSR count). The Bertz CT molecular complexity index is 655. The van der Waals surface area contributed by atoms with Gasteiger partial charge in [0.2, 0.25) is 0 Å². The second-order valence-electron chi connectivity index (χ2n) is 7.70. The minimum Gasteiger partial charge on any atom is -0.467 e. The average Bonchev–Trinajstić information content (AvgIpc) is 2.81. The van der Waals surface area contributed by atoms with Crippen LogP contribution in [-0.2, 0) is 46.1 Å². The summed E-state index contributed by atoms with van der Waals surface area (Å²) < 4.78 is 26.2. The first-order chi connectivity index (χ1) is 15.1. The Morgan fingerprint density at radius 3 is 2.52 bits per heavy atom. The molecule has 1 fully saturated rings. The van der Waals surface area contributed by atoms with Crippen molar-refractivity contribution in [3.8, 4) is 0 Å². The predicted octanol–water partition coefficient (Wildman–Crippen LogP) is 3.61. The number of aryl methyl sites for hydroxylation is 1. The monoisotopic (exact) mass is 436 g/mol. The van der Waals surface area contributed by atoms with E-state index in [0.717, 1.165) is 63.7 Å². The van der Waals surface area contributed by atoms with Crippen molar-refractivity contribution in [2.75, 3.05) is 34.0 Å². The summed E-state index contributed by atoms with van der Waals surface area (Å²) in [7, 11) is 2.59. The average molecular weight is 437 g/mol. The molecule has 7 nitrogen and oxygen atoms in total. The van der Waals surface area contributed by atoms with Gasteiger partial charge in [-0.1, -0.05) is 37.1 Å². The van der Waals surface area contributed by atoms with Gasteiger partial charge < -0.3 is 23.7 Å². The summed E-state index contributed by atoms with van der Waals surface area (Å²) in [5, 5.41) is 0. The van der Waals surface area contributed by atoms with Crippen LogP contribution in [0.5, 0.6) is 0 Å². The highest BCUT2D eigenvalue weighted by molar-refractivity contribution is 5.76. The minimum atomic E-state index is -0.843. The Balaban J connectivity index is 1.74. The molecule has 0 amide bonds. The number of hydrogen-bond donors (Lipinski definition) is 0. The van der Waals surface area contributed by atoms with E-state index in [4.69, 9.17) is 18.9 Å². The van der Waals surface area contributed by atoms with E-state index >= 15 is 0 Å². The molecule has 174 valence electrons. The molecule has 0 saturated carbocycles. The number of benzene rings is 1. The molecule has 1 heterocycles. The van der Waals surface area contributed by atoms with E-state index < -0.39 is 18.0 Å². The van der Waals surface area contributed by atoms with Gasteiger partial charge in [0.1, 0.15) is 6.61 Å². The van der Waals surface area contributed by atoms with Crippen molar-refractivity contribution in [1.82, 2.24) is 0 Å². The molecule has 7 heteroatoms. The summed E-state index contributed by atoms with van der Waals surface area (Å²) in [4.78, 5) is 23.5. The molecule has 1 aromatic carbocycles. The van der Waals surface area contributed by atoms with Gasteiger partial charge in [-0.25, -0.2) is 9.59 Å². The zero-order chi connectivity index (χ0) is 22.3. The summed E-state index contributed by atoms with van der Waals surface area (Å²) in [5.41, 5.74) is 2.21. The molecule has 0 radical (unpaired) electrons. The predicted molar refractivity (Wildman–Crippen MR) is 116 cm³/mol. The lowest BCUT2D eigenvalue weighted by atomic mass is 9.97. The summed E-state index contributed by atoms with van der Waals surface area (Å²) >= 11 is 0. The fourth-order valence-electron chi connectivity index (χ4n) is 3.60. The van der Waals surface area contributed by atoms with Crippen LogP contribution in [0.2, 0.25) is 0 Å². The van der Waals surface area contributed by atoms with E-state index in [1.807, 2.05) is 18.2 Å². The van der Waals surface area contributed by atoms with Crippen molar-refractivity contribution < 1.29 is 33.3 Å². The molecule has 0 aromatic heterocycles. The number of methoxy groups -OCH3 is 2. The topological polar surface area (TPSA) is 80.3 Å². The van der Waals surface area contributed by atoms with Crippen LogP contribution in [0.1, 0.15) is 56.1 Å². The summed E-state index contributed by atoms with van der Waals surface area (Å²) in [6.07, 6.45) is 8.08. The number of rotatable bonds is 14. The fraction of sp³-hybridized carbons (Fsp3) is 0.667. The molecule has 1 aromatic rings. The van der Waals surface area contributed by atoms with E-state index in [2.05, 4.69) is 10.8 Å². The summed E-state index contributed by atoms with van der Waals surface area (Å²) in [5.74, 6) is -1.03. The Labute approximate surface area is 185 Å². The van der Waals surface area contributed by atoms with Gasteiger partial charge in [-0.15, -0.1) is 0 Å². The zero-order valence-electron chi connectivity index (χ0n) is 18.8. The molecule has 1 aliphatic heterocycles. The lowest BCUT2D eigenvalue weighted by molar-refractivity contribution is -0.162. The van der Waals surface area contributed by atoms with Gasteiger partial charge in [0.15, 0.2) is 12.4 Å². The third-order valence-corrected chi connectivity index (χ3v) is 5.40. The number of esters is 2. The molecule has 2 atom stereocenters. The Morgan fingerprint density at radius 1 is 1.03 bits per heavy atom. The zero-order valence-corrected chi connectivity index (χ0v) is 18.8. The summed E-state index contributed by atoms with van der Waals surface area (Å²) in [6.45, 7) is 1.28. The molecule has 0 bridgehead atoms. The number of carbonyl (C=O) groups is 2.